The zero-order chi connectivity index (χ0) is 32.4. The highest BCUT2D eigenvalue weighted by Gasteiger charge is 2.17. The van der Waals surface area contributed by atoms with Gasteiger partial charge in [0.2, 0.25) is 11.8 Å². The van der Waals surface area contributed by atoms with E-state index < -0.39 is 0 Å². The van der Waals surface area contributed by atoms with E-state index in [0.29, 0.717) is 101 Å². The second-order valence-corrected chi connectivity index (χ2v) is 10.5. The molecule has 4 aromatic heterocycles. The molecule has 0 aliphatic carbocycles. The second-order valence-electron chi connectivity index (χ2n) is 10.5. The number of unbranched alkanes of at least 4 members (excludes halogenated alkanes) is 1. The van der Waals surface area contributed by atoms with Crippen LogP contribution < -0.4 is 16.4 Å². The van der Waals surface area contributed by atoms with Crippen LogP contribution >= 0.6 is 0 Å². The Labute approximate surface area is 267 Å². The van der Waals surface area contributed by atoms with Gasteiger partial charge in [0.25, 0.3) is 0 Å². The van der Waals surface area contributed by atoms with Crippen molar-refractivity contribution in [3.05, 3.63) is 30.9 Å². The van der Waals surface area contributed by atoms with Crippen LogP contribution in [0.1, 0.15) is 39.0 Å². The topological polar surface area (TPSA) is 193 Å². The molecule has 2 amide bonds. The lowest BCUT2D eigenvalue weighted by Gasteiger charge is -2.08. The highest BCUT2D eigenvalue weighted by molar-refractivity contribution is 5.99. The van der Waals surface area contributed by atoms with Crippen LogP contribution in [0, 0.1) is 0 Å². The van der Waals surface area contributed by atoms with Crippen molar-refractivity contribution in [3.63, 3.8) is 0 Å². The number of fused-ring (bicyclic) bond motifs is 2. The number of carbonyl (C=O) groups excluding carboxylic acids is 2. The Bertz CT molecular complexity index is 1510. The molecule has 0 saturated heterocycles. The van der Waals surface area contributed by atoms with Gasteiger partial charge in [0, 0.05) is 55.8 Å². The van der Waals surface area contributed by atoms with Gasteiger partial charge in [0.1, 0.15) is 23.5 Å². The molecular weight excluding hydrogens is 594 g/mol. The van der Waals surface area contributed by atoms with E-state index in [0.717, 1.165) is 35.9 Å². The van der Waals surface area contributed by atoms with Crippen LogP contribution in [0.15, 0.2) is 30.9 Å². The summed E-state index contributed by atoms with van der Waals surface area (Å²) >= 11 is 0. The highest BCUT2D eigenvalue weighted by atomic mass is 16.6. The molecule has 0 aromatic carbocycles. The number of H-pyrrole nitrogens is 1. The summed E-state index contributed by atoms with van der Waals surface area (Å²) in [6.45, 7) is 7.12. The Morgan fingerprint density at radius 2 is 1.57 bits per heavy atom. The third kappa shape index (κ3) is 11.0. The minimum absolute atomic E-state index is 0.0498. The Balaban J connectivity index is 1.01. The average Bonchev–Trinajstić information content (AvgIpc) is 3.68. The molecule has 15 nitrogen and oxygen atoms in total. The third-order valence-corrected chi connectivity index (χ3v) is 6.99. The number of pyridine rings is 1. The fraction of sp³-hybridized carbons (Fsp3) is 0.548. The summed E-state index contributed by atoms with van der Waals surface area (Å²) in [4.78, 5) is 39.7. The van der Waals surface area contributed by atoms with E-state index in [2.05, 4.69) is 30.6 Å². The lowest BCUT2D eigenvalue weighted by molar-refractivity contribution is -0.122. The number of amides is 2. The van der Waals surface area contributed by atoms with Gasteiger partial charge in [-0.05, 0) is 31.4 Å². The van der Waals surface area contributed by atoms with E-state index in [1.54, 1.807) is 6.20 Å². The minimum Gasteiger partial charge on any atom is -0.383 e. The molecule has 5 N–H and O–H groups in total. The summed E-state index contributed by atoms with van der Waals surface area (Å²) in [6, 6.07) is 3.97. The van der Waals surface area contributed by atoms with Crippen molar-refractivity contribution in [1.82, 2.24) is 40.3 Å². The zero-order valence-corrected chi connectivity index (χ0v) is 26.5. The number of nitrogen functional groups attached to an aromatic ring is 1. The number of aromatic amines is 1. The first-order valence-electron chi connectivity index (χ1n) is 15.8. The molecule has 0 atom stereocenters. The Kier molecular flexibility index (Phi) is 14.6. The maximum Gasteiger partial charge on any atom is 0.222 e. The number of aromatic nitrogens is 6. The third-order valence-electron chi connectivity index (χ3n) is 6.99. The van der Waals surface area contributed by atoms with E-state index in [9.17, 15) is 9.59 Å². The SMILES string of the molecule is CCCC(=O)NCCOCCOCCOCCOCCC(=O)NCCCCn1nc(-c2cnc3[nH]ccc3c2)c2c(N)ncnc21. The maximum absolute atomic E-state index is 12.2. The lowest BCUT2D eigenvalue weighted by atomic mass is 10.1. The number of ether oxygens (including phenoxy) is 4. The second kappa shape index (κ2) is 19.4. The molecular formula is C31H45N9O6. The van der Waals surface area contributed by atoms with Gasteiger partial charge in [-0.1, -0.05) is 6.92 Å². The first kappa shape index (κ1) is 34.7. The van der Waals surface area contributed by atoms with Gasteiger partial charge >= 0.3 is 0 Å². The fourth-order valence-electron chi connectivity index (χ4n) is 4.67. The van der Waals surface area contributed by atoms with Crippen molar-refractivity contribution >= 4 is 39.7 Å². The Hall–Kier alpha value is -4.18. The van der Waals surface area contributed by atoms with Gasteiger partial charge in [0.15, 0.2) is 5.65 Å². The molecule has 250 valence electrons. The monoisotopic (exact) mass is 639 g/mol. The summed E-state index contributed by atoms with van der Waals surface area (Å²) in [5.41, 5.74) is 9.23. The number of nitrogens with one attached hydrogen (secondary N) is 3. The number of nitrogens with zero attached hydrogens (tertiary/aromatic N) is 5. The van der Waals surface area contributed by atoms with E-state index in [-0.39, 0.29) is 18.2 Å². The number of rotatable bonds is 23. The van der Waals surface area contributed by atoms with Gasteiger partial charge in [-0.3, -0.25) is 9.59 Å². The number of anilines is 1. The predicted molar refractivity (Wildman–Crippen MR) is 173 cm³/mol. The van der Waals surface area contributed by atoms with E-state index in [1.807, 2.05) is 29.9 Å². The van der Waals surface area contributed by atoms with Crippen molar-refractivity contribution in [2.24, 2.45) is 0 Å². The molecule has 0 saturated carbocycles. The summed E-state index contributed by atoms with van der Waals surface area (Å²) < 4.78 is 23.6. The van der Waals surface area contributed by atoms with Gasteiger partial charge < -0.3 is 40.3 Å². The van der Waals surface area contributed by atoms with Crippen molar-refractivity contribution < 1.29 is 28.5 Å². The molecule has 0 aliphatic rings. The summed E-state index contributed by atoms with van der Waals surface area (Å²) in [7, 11) is 0. The van der Waals surface area contributed by atoms with Crippen LogP contribution in [-0.2, 0) is 35.1 Å². The van der Waals surface area contributed by atoms with Crippen molar-refractivity contribution in [2.75, 3.05) is 71.7 Å². The van der Waals surface area contributed by atoms with Crippen molar-refractivity contribution in [3.8, 4) is 11.3 Å². The van der Waals surface area contributed by atoms with Crippen LogP contribution in [0.25, 0.3) is 33.3 Å². The number of hydrogen-bond donors (Lipinski definition) is 4. The van der Waals surface area contributed by atoms with Crippen LogP contribution in [0.4, 0.5) is 5.82 Å². The molecule has 0 unspecified atom stereocenters. The molecule has 0 spiro atoms. The first-order valence-corrected chi connectivity index (χ1v) is 15.8. The van der Waals surface area contributed by atoms with Crippen molar-refractivity contribution in [2.45, 2.75) is 45.6 Å². The smallest absolute Gasteiger partial charge is 0.222 e. The molecule has 4 aromatic rings. The highest BCUT2D eigenvalue weighted by Crippen LogP contribution is 2.31. The minimum atomic E-state index is -0.0557. The van der Waals surface area contributed by atoms with Gasteiger partial charge in [-0.15, -0.1) is 0 Å². The average molecular weight is 640 g/mol. The van der Waals surface area contributed by atoms with Gasteiger partial charge in [0.05, 0.1) is 58.2 Å². The zero-order valence-electron chi connectivity index (χ0n) is 26.5. The van der Waals surface area contributed by atoms with Crippen LogP contribution in [0.5, 0.6) is 0 Å². The Morgan fingerprint density at radius 3 is 2.33 bits per heavy atom. The largest absolute Gasteiger partial charge is 0.383 e. The standard InChI is InChI=1S/C31H45N9O6/c1-2-5-25(41)34-10-13-44-15-17-46-19-18-45-16-14-43-12-7-26(42)33-8-3-4-11-40-31-27(29(32)37-22-38-31)28(39-40)24-20-23-6-9-35-30(23)36-21-24/h6,9,20-22H,2-5,7-8,10-19H2,1H3,(H,33,42)(H,34,41)(H,35,36)(H2,32,37,38). The van der Waals surface area contributed by atoms with Crippen LogP contribution in [0.2, 0.25) is 0 Å². The predicted octanol–water partition coefficient (Wildman–Crippen LogP) is 2.22. The number of carbonyl (C=O) groups is 2. The molecule has 46 heavy (non-hydrogen) atoms. The molecule has 0 fully saturated rings. The molecule has 15 heteroatoms. The molecule has 4 heterocycles. The summed E-state index contributed by atoms with van der Waals surface area (Å²) in [5.74, 6) is 0.365. The van der Waals surface area contributed by atoms with Crippen molar-refractivity contribution in [1.29, 1.82) is 0 Å². The maximum atomic E-state index is 12.2. The van der Waals surface area contributed by atoms with Gasteiger partial charge in [-0.25, -0.2) is 19.6 Å². The van der Waals surface area contributed by atoms with Gasteiger partial charge in [-0.2, -0.15) is 5.10 Å². The molecule has 4 rings (SSSR count). The quantitative estimate of drug-likeness (QED) is 0.0870. The van der Waals surface area contributed by atoms with E-state index in [4.69, 9.17) is 29.8 Å². The molecule has 0 aliphatic heterocycles. The number of nitrogens with two attached hydrogens (primary N) is 1. The Morgan fingerprint density at radius 1 is 0.870 bits per heavy atom. The first-order chi connectivity index (χ1) is 22.6. The summed E-state index contributed by atoms with van der Waals surface area (Å²) in [6.07, 6.45) is 8.28. The van der Waals surface area contributed by atoms with Crippen LogP contribution in [-0.4, -0.2) is 107 Å². The number of hydrogen-bond acceptors (Lipinski definition) is 11. The normalized spacial score (nSPS) is 11.4. The molecule has 0 bridgehead atoms. The van der Waals surface area contributed by atoms with E-state index >= 15 is 0 Å². The number of aryl methyl sites for hydroxylation is 1. The van der Waals surface area contributed by atoms with Crippen LogP contribution in [0.3, 0.4) is 0 Å². The summed E-state index contributed by atoms with van der Waals surface area (Å²) in [5, 5.41) is 12.2. The fourth-order valence-corrected chi connectivity index (χ4v) is 4.67. The van der Waals surface area contributed by atoms with E-state index in [1.165, 1.54) is 6.33 Å². The lowest BCUT2D eigenvalue weighted by Crippen LogP contribution is -2.27. The molecule has 0 radical (unpaired) electrons.